The van der Waals surface area contributed by atoms with Gasteiger partial charge in [-0.3, -0.25) is 9.59 Å². The zero-order chi connectivity index (χ0) is 20.5. The van der Waals surface area contributed by atoms with Crippen LogP contribution in [0.3, 0.4) is 0 Å². The number of hydrogen-bond donors (Lipinski definition) is 2. The van der Waals surface area contributed by atoms with Crippen molar-refractivity contribution in [1.29, 1.82) is 0 Å². The predicted octanol–water partition coefficient (Wildman–Crippen LogP) is 3.77. The Hall–Kier alpha value is -2.41. The smallest absolute Gasteiger partial charge is 0.251 e. The van der Waals surface area contributed by atoms with Crippen molar-refractivity contribution in [2.75, 3.05) is 12.3 Å². The first-order chi connectivity index (χ1) is 13.4. The average Bonchev–Trinajstić information content (AvgIpc) is 2.67. The molecule has 0 fully saturated rings. The lowest BCUT2D eigenvalue weighted by Crippen LogP contribution is -2.50. The third kappa shape index (κ3) is 6.64. The molecule has 1 atom stereocenters. The summed E-state index contributed by atoms with van der Waals surface area (Å²) in [4.78, 5) is 24.7. The van der Waals surface area contributed by atoms with Crippen LogP contribution in [0, 0.1) is 17.6 Å². The van der Waals surface area contributed by atoms with Gasteiger partial charge in [0, 0.05) is 23.6 Å². The number of amides is 2. The first-order valence-corrected chi connectivity index (χ1v) is 10.2. The number of carbonyl (C=O) groups is 2. The van der Waals surface area contributed by atoms with Crippen molar-refractivity contribution < 1.29 is 18.4 Å². The lowest BCUT2D eigenvalue weighted by molar-refractivity contribution is -0.123. The highest BCUT2D eigenvalue weighted by molar-refractivity contribution is 7.98. The SMILES string of the molecule is CC(C)C(NC(=O)c1ccc(F)cc1)C(=O)NCCSCc1ccccc1F. The van der Waals surface area contributed by atoms with Crippen LogP contribution in [-0.2, 0) is 10.5 Å². The fraction of sp³-hybridized carbons (Fsp3) is 0.333. The van der Waals surface area contributed by atoms with Crippen LogP contribution in [0.5, 0.6) is 0 Å². The lowest BCUT2D eigenvalue weighted by Gasteiger charge is -2.21. The Labute approximate surface area is 168 Å². The van der Waals surface area contributed by atoms with E-state index in [2.05, 4.69) is 10.6 Å². The van der Waals surface area contributed by atoms with Gasteiger partial charge >= 0.3 is 0 Å². The predicted molar refractivity (Wildman–Crippen MR) is 108 cm³/mol. The molecule has 0 aliphatic rings. The lowest BCUT2D eigenvalue weighted by atomic mass is 10.0. The second-order valence-electron chi connectivity index (χ2n) is 6.64. The van der Waals surface area contributed by atoms with Gasteiger partial charge in [0.05, 0.1) is 0 Å². The van der Waals surface area contributed by atoms with Crippen molar-refractivity contribution >= 4 is 23.6 Å². The quantitative estimate of drug-likeness (QED) is 0.624. The molecule has 0 heterocycles. The molecule has 0 bridgehead atoms. The fourth-order valence-electron chi connectivity index (χ4n) is 2.51. The number of carbonyl (C=O) groups excluding carboxylic acids is 2. The number of halogens is 2. The molecule has 2 aromatic rings. The molecule has 0 saturated carbocycles. The summed E-state index contributed by atoms with van der Waals surface area (Å²) in [6.45, 7) is 4.08. The van der Waals surface area contributed by atoms with Gasteiger partial charge in [0.25, 0.3) is 5.91 Å². The molecule has 28 heavy (non-hydrogen) atoms. The van der Waals surface area contributed by atoms with Crippen LogP contribution < -0.4 is 10.6 Å². The first-order valence-electron chi connectivity index (χ1n) is 9.03. The minimum absolute atomic E-state index is 0.115. The molecule has 0 aromatic heterocycles. The van der Waals surface area contributed by atoms with E-state index in [0.29, 0.717) is 29.2 Å². The van der Waals surface area contributed by atoms with Gasteiger partial charge in [-0.15, -0.1) is 0 Å². The molecule has 2 rings (SSSR count). The van der Waals surface area contributed by atoms with E-state index in [9.17, 15) is 18.4 Å². The van der Waals surface area contributed by atoms with Crippen LogP contribution in [0.15, 0.2) is 48.5 Å². The van der Waals surface area contributed by atoms with Crippen LogP contribution >= 0.6 is 11.8 Å². The second kappa shape index (κ2) is 10.8. The van der Waals surface area contributed by atoms with Crippen molar-refractivity contribution in [1.82, 2.24) is 10.6 Å². The van der Waals surface area contributed by atoms with Crippen LogP contribution in [-0.4, -0.2) is 30.2 Å². The molecule has 7 heteroatoms. The molecule has 0 saturated heterocycles. The molecule has 2 amide bonds. The van der Waals surface area contributed by atoms with Crippen LogP contribution in [0.2, 0.25) is 0 Å². The normalized spacial score (nSPS) is 11.9. The molecule has 150 valence electrons. The molecule has 0 aliphatic heterocycles. The number of rotatable bonds is 9. The van der Waals surface area contributed by atoms with Gasteiger partial charge in [-0.25, -0.2) is 8.78 Å². The maximum Gasteiger partial charge on any atom is 0.251 e. The fourth-order valence-corrected chi connectivity index (χ4v) is 3.36. The van der Waals surface area contributed by atoms with Gasteiger partial charge in [-0.2, -0.15) is 11.8 Å². The van der Waals surface area contributed by atoms with Crippen molar-refractivity contribution in [3.05, 3.63) is 71.3 Å². The van der Waals surface area contributed by atoms with E-state index in [1.165, 1.54) is 42.1 Å². The largest absolute Gasteiger partial charge is 0.353 e. The Bertz CT molecular complexity index is 797. The van der Waals surface area contributed by atoms with E-state index >= 15 is 0 Å². The second-order valence-corrected chi connectivity index (χ2v) is 7.74. The highest BCUT2D eigenvalue weighted by atomic mass is 32.2. The summed E-state index contributed by atoms with van der Waals surface area (Å²) in [6.07, 6.45) is 0. The summed E-state index contributed by atoms with van der Waals surface area (Å²) in [7, 11) is 0. The average molecular weight is 406 g/mol. The van der Waals surface area contributed by atoms with Crippen molar-refractivity contribution in [2.24, 2.45) is 5.92 Å². The number of benzene rings is 2. The zero-order valence-electron chi connectivity index (χ0n) is 15.9. The number of thioether (sulfide) groups is 1. The number of nitrogens with one attached hydrogen (secondary N) is 2. The topological polar surface area (TPSA) is 58.2 Å². The monoisotopic (exact) mass is 406 g/mol. The molecule has 1 unspecified atom stereocenters. The number of hydrogen-bond acceptors (Lipinski definition) is 3. The van der Waals surface area contributed by atoms with E-state index in [1.807, 2.05) is 13.8 Å². The highest BCUT2D eigenvalue weighted by Gasteiger charge is 2.24. The summed E-state index contributed by atoms with van der Waals surface area (Å²) >= 11 is 1.52. The molecule has 0 aliphatic carbocycles. The third-order valence-electron chi connectivity index (χ3n) is 4.10. The Balaban J connectivity index is 1.79. The summed E-state index contributed by atoms with van der Waals surface area (Å²) in [5, 5.41) is 5.50. The van der Waals surface area contributed by atoms with E-state index < -0.39 is 17.8 Å². The van der Waals surface area contributed by atoms with Crippen molar-refractivity contribution in [2.45, 2.75) is 25.6 Å². The third-order valence-corrected chi connectivity index (χ3v) is 5.11. The minimum Gasteiger partial charge on any atom is -0.353 e. The maximum atomic E-state index is 13.6. The highest BCUT2D eigenvalue weighted by Crippen LogP contribution is 2.14. The summed E-state index contributed by atoms with van der Waals surface area (Å²) in [5.74, 6) is -0.339. The van der Waals surface area contributed by atoms with E-state index in [4.69, 9.17) is 0 Å². The molecule has 0 spiro atoms. The Morgan fingerprint density at radius 3 is 2.36 bits per heavy atom. The van der Waals surface area contributed by atoms with Crippen LogP contribution in [0.1, 0.15) is 29.8 Å². The Morgan fingerprint density at radius 2 is 1.71 bits per heavy atom. The van der Waals surface area contributed by atoms with Gasteiger partial charge < -0.3 is 10.6 Å². The Kier molecular flexibility index (Phi) is 8.44. The molecular weight excluding hydrogens is 382 g/mol. The van der Waals surface area contributed by atoms with Gasteiger partial charge in [0.2, 0.25) is 5.91 Å². The van der Waals surface area contributed by atoms with Crippen LogP contribution in [0.25, 0.3) is 0 Å². The summed E-state index contributed by atoms with van der Waals surface area (Å²) in [6, 6.07) is 11.1. The van der Waals surface area contributed by atoms with E-state index in [1.54, 1.807) is 18.2 Å². The minimum atomic E-state index is -0.700. The summed E-state index contributed by atoms with van der Waals surface area (Å²) in [5.41, 5.74) is 0.922. The molecule has 0 radical (unpaired) electrons. The van der Waals surface area contributed by atoms with Gasteiger partial charge in [0.15, 0.2) is 0 Å². The molecular formula is C21H24F2N2O2S. The van der Waals surface area contributed by atoms with Gasteiger partial charge in [0.1, 0.15) is 17.7 Å². The molecule has 4 nitrogen and oxygen atoms in total. The zero-order valence-corrected chi connectivity index (χ0v) is 16.7. The molecule has 2 aromatic carbocycles. The van der Waals surface area contributed by atoms with Gasteiger partial charge in [-0.1, -0.05) is 32.0 Å². The van der Waals surface area contributed by atoms with Crippen molar-refractivity contribution in [3.8, 4) is 0 Å². The first kappa shape index (κ1) is 21.9. The Morgan fingerprint density at radius 1 is 1.04 bits per heavy atom. The molecule has 2 N–H and O–H groups in total. The van der Waals surface area contributed by atoms with Crippen LogP contribution in [0.4, 0.5) is 8.78 Å². The maximum absolute atomic E-state index is 13.6. The van der Waals surface area contributed by atoms with E-state index in [-0.39, 0.29) is 17.6 Å². The van der Waals surface area contributed by atoms with Crippen molar-refractivity contribution in [3.63, 3.8) is 0 Å². The van der Waals surface area contributed by atoms with E-state index in [0.717, 1.165) is 0 Å². The van der Waals surface area contributed by atoms with Gasteiger partial charge in [-0.05, 0) is 41.8 Å². The summed E-state index contributed by atoms with van der Waals surface area (Å²) < 4.78 is 26.5. The standard InChI is InChI=1S/C21H24F2N2O2S/c1-14(2)19(25-20(26)15-7-9-17(22)10-8-15)21(27)24-11-12-28-13-16-5-3-4-6-18(16)23/h3-10,14,19H,11-13H2,1-2H3,(H,24,27)(H,25,26).